The van der Waals surface area contributed by atoms with Crippen molar-refractivity contribution in [1.82, 2.24) is 9.97 Å². The standard InChI is InChI=1S/C17H25N3O2/c21-14-8-5-9-15(14)22-16-12-6-1-2-7-13(12)18-17(19-16)20-10-3-4-11-20/h14-15,21H,1-11H2/t14-,15-/m1/s1. The highest BCUT2D eigenvalue weighted by Gasteiger charge is 2.30. The number of fused-ring (bicyclic) bond motifs is 1. The van der Waals surface area contributed by atoms with Gasteiger partial charge in [-0.2, -0.15) is 4.98 Å². The Bertz CT molecular complexity index is 543. The maximum Gasteiger partial charge on any atom is 0.228 e. The molecule has 0 spiro atoms. The minimum Gasteiger partial charge on any atom is -0.471 e. The van der Waals surface area contributed by atoms with Crippen molar-refractivity contribution < 1.29 is 9.84 Å². The third kappa shape index (κ3) is 2.67. The maximum atomic E-state index is 10.1. The SMILES string of the molecule is O[C@@H]1CCC[C@H]1Oc1nc(N2CCCC2)nc2c1CCCC2. The molecule has 2 aliphatic carbocycles. The van der Waals surface area contributed by atoms with E-state index >= 15 is 0 Å². The van der Waals surface area contributed by atoms with Crippen molar-refractivity contribution in [3.63, 3.8) is 0 Å². The van der Waals surface area contributed by atoms with Gasteiger partial charge in [0.25, 0.3) is 0 Å². The number of aliphatic hydroxyl groups is 1. The number of nitrogens with zero attached hydrogens (tertiary/aromatic N) is 3. The van der Waals surface area contributed by atoms with Crippen LogP contribution in [0.25, 0.3) is 0 Å². The normalized spacial score (nSPS) is 28.0. The molecule has 0 radical (unpaired) electrons. The van der Waals surface area contributed by atoms with Gasteiger partial charge in [0, 0.05) is 18.7 Å². The number of rotatable bonds is 3. The molecule has 1 aromatic heterocycles. The third-order valence-corrected chi connectivity index (χ3v) is 5.20. The number of hydrogen-bond donors (Lipinski definition) is 1. The molecular weight excluding hydrogens is 278 g/mol. The van der Waals surface area contributed by atoms with Gasteiger partial charge >= 0.3 is 0 Å². The fourth-order valence-corrected chi connectivity index (χ4v) is 3.89. The summed E-state index contributed by atoms with van der Waals surface area (Å²) in [4.78, 5) is 11.8. The second-order valence-corrected chi connectivity index (χ2v) is 6.81. The zero-order valence-corrected chi connectivity index (χ0v) is 13.1. The van der Waals surface area contributed by atoms with E-state index in [1.807, 2.05) is 0 Å². The summed E-state index contributed by atoms with van der Waals surface area (Å²) in [6, 6.07) is 0. The Morgan fingerprint density at radius 3 is 2.55 bits per heavy atom. The number of anilines is 1. The van der Waals surface area contributed by atoms with Crippen molar-refractivity contribution in [3.8, 4) is 5.88 Å². The van der Waals surface area contributed by atoms with E-state index in [-0.39, 0.29) is 12.2 Å². The van der Waals surface area contributed by atoms with Crippen LogP contribution in [0.5, 0.6) is 5.88 Å². The number of ether oxygens (including phenoxy) is 1. The van der Waals surface area contributed by atoms with Crippen molar-refractivity contribution in [2.45, 2.75) is 70.0 Å². The van der Waals surface area contributed by atoms with Crippen molar-refractivity contribution in [1.29, 1.82) is 0 Å². The van der Waals surface area contributed by atoms with E-state index in [0.29, 0.717) is 0 Å². The third-order valence-electron chi connectivity index (χ3n) is 5.20. The van der Waals surface area contributed by atoms with E-state index < -0.39 is 0 Å². The Kier molecular flexibility index (Phi) is 3.90. The van der Waals surface area contributed by atoms with Crippen LogP contribution in [-0.2, 0) is 12.8 Å². The second kappa shape index (κ2) is 6.03. The highest BCUT2D eigenvalue weighted by molar-refractivity contribution is 5.42. The minimum absolute atomic E-state index is 0.0904. The molecule has 5 heteroatoms. The molecule has 2 atom stereocenters. The summed E-state index contributed by atoms with van der Waals surface area (Å²) in [6.45, 7) is 2.09. The number of aryl methyl sites for hydroxylation is 1. The summed E-state index contributed by atoms with van der Waals surface area (Å²) in [7, 11) is 0. The Hall–Kier alpha value is -1.36. The quantitative estimate of drug-likeness (QED) is 0.928. The van der Waals surface area contributed by atoms with Gasteiger partial charge in [-0.05, 0) is 57.8 Å². The monoisotopic (exact) mass is 303 g/mol. The molecule has 120 valence electrons. The highest BCUT2D eigenvalue weighted by Crippen LogP contribution is 2.33. The Balaban J connectivity index is 1.66. The minimum atomic E-state index is -0.343. The molecule has 1 N–H and O–H groups in total. The molecule has 5 nitrogen and oxygen atoms in total. The summed E-state index contributed by atoms with van der Waals surface area (Å²) in [5.41, 5.74) is 2.36. The van der Waals surface area contributed by atoms with Gasteiger partial charge in [-0.3, -0.25) is 0 Å². The zero-order valence-electron chi connectivity index (χ0n) is 13.1. The number of aromatic nitrogens is 2. The number of hydrogen-bond acceptors (Lipinski definition) is 5. The predicted molar refractivity (Wildman–Crippen MR) is 84.4 cm³/mol. The lowest BCUT2D eigenvalue weighted by Gasteiger charge is -2.25. The molecule has 4 rings (SSSR count). The molecule has 1 saturated heterocycles. The molecule has 22 heavy (non-hydrogen) atoms. The van der Waals surface area contributed by atoms with Crippen LogP contribution in [0.15, 0.2) is 0 Å². The topological polar surface area (TPSA) is 58.5 Å². The van der Waals surface area contributed by atoms with Gasteiger partial charge in [-0.25, -0.2) is 4.98 Å². The van der Waals surface area contributed by atoms with Gasteiger partial charge in [0.1, 0.15) is 6.10 Å². The lowest BCUT2D eigenvalue weighted by Crippen LogP contribution is -2.28. The van der Waals surface area contributed by atoms with E-state index in [0.717, 1.165) is 57.0 Å². The van der Waals surface area contributed by atoms with Gasteiger partial charge in [-0.15, -0.1) is 0 Å². The summed E-state index contributed by atoms with van der Waals surface area (Å²) in [6.07, 6.45) is 9.24. The van der Waals surface area contributed by atoms with E-state index in [1.54, 1.807) is 0 Å². The number of aliphatic hydroxyl groups excluding tert-OH is 1. The lowest BCUT2D eigenvalue weighted by atomic mass is 9.97. The fourth-order valence-electron chi connectivity index (χ4n) is 3.89. The molecule has 0 unspecified atom stereocenters. The largest absolute Gasteiger partial charge is 0.471 e. The van der Waals surface area contributed by atoms with E-state index in [1.165, 1.54) is 36.9 Å². The van der Waals surface area contributed by atoms with Crippen LogP contribution < -0.4 is 9.64 Å². The molecule has 3 aliphatic rings. The van der Waals surface area contributed by atoms with Gasteiger partial charge in [0.05, 0.1) is 11.8 Å². The molecule has 0 amide bonds. The molecule has 1 aromatic rings. The first-order valence-corrected chi connectivity index (χ1v) is 8.81. The molecule has 2 fully saturated rings. The van der Waals surface area contributed by atoms with E-state index in [2.05, 4.69) is 4.90 Å². The second-order valence-electron chi connectivity index (χ2n) is 6.81. The van der Waals surface area contributed by atoms with Crippen LogP contribution in [0.4, 0.5) is 5.95 Å². The average Bonchev–Trinajstić information content (AvgIpc) is 3.20. The van der Waals surface area contributed by atoms with Crippen LogP contribution in [0.3, 0.4) is 0 Å². The summed E-state index contributed by atoms with van der Waals surface area (Å²) < 4.78 is 6.16. The van der Waals surface area contributed by atoms with Crippen molar-refractivity contribution in [2.75, 3.05) is 18.0 Å². The molecule has 1 aliphatic heterocycles. The first-order chi connectivity index (χ1) is 10.8. The first-order valence-electron chi connectivity index (χ1n) is 8.81. The molecule has 1 saturated carbocycles. The van der Waals surface area contributed by atoms with E-state index in [4.69, 9.17) is 14.7 Å². The van der Waals surface area contributed by atoms with Crippen LogP contribution in [0.1, 0.15) is 56.2 Å². The van der Waals surface area contributed by atoms with Crippen molar-refractivity contribution in [2.24, 2.45) is 0 Å². The Labute approximate surface area is 131 Å². The maximum absolute atomic E-state index is 10.1. The van der Waals surface area contributed by atoms with Crippen molar-refractivity contribution in [3.05, 3.63) is 11.3 Å². The summed E-state index contributed by atoms with van der Waals surface area (Å²) in [5, 5.41) is 10.1. The van der Waals surface area contributed by atoms with Gasteiger partial charge in [-0.1, -0.05) is 0 Å². The van der Waals surface area contributed by atoms with Crippen molar-refractivity contribution >= 4 is 5.95 Å². The van der Waals surface area contributed by atoms with Gasteiger partial charge in [0.2, 0.25) is 11.8 Å². The zero-order chi connectivity index (χ0) is 14.9. The lowest BCUT2D eigenvalue weighted by molar-refractivity contribution is 0.0565. The summed E-state index contributed by atoms with van der Waals surface area (Å²) in [5.74, 6) is 1.58. The van der Waals surface area contributed by atoms with Gasteiger partial charge in [0.15, 0.2) is 0 Å². The van der Waals surface area contributed by atoms with Crippen LogP contribution in [0, 0.1) is 0 Å². The van der Waals surface area contributed by atoms with E-state index in [9.17, 15) is 5.11 Å². The Morgan fingerprint density at radius 2 is 1.77 bits per heavy atom. The molecule has 0 bridgehead atoms. The smallest absolute Gasteiger partial charge is 0.228 e. The van der Waals surface area contributed by atoms with Gasteiger partial charge < -0.3 is 14.7 Å². The summed E-state index contributed by atoms with van der Waals surface area (Å²) >= 11 is 0. The highest BCUT2D eigenvalue weighted by atomic mass is 16.5. The first kappa shape index (κ1) is 14.2. The predicted octanol–water partition coefficient (Wildman–Crippen LogP) is 2.25. The Morgan fingerprint density at radius 1 is 0.955 bits per heavy atom. The van der Waals surface area contributed by atoms with Crippen LogP contribution in [0.2, 0.25) is 0 Å². The fraction of sp³-hybridized carbons (Fsp3) is 0.765. The molecule has 2 heterocycles. The van der Waals surface area contributed by atoms with Crippen LogP contribution >= 0.6 is 0 Å². The average molecular weight is 303 g/mol. The molecular formula is C17H25N3O2. The van der Waals surface area contributed by atoms with Crippen LogP contribution in [-0.4, -0.2) is 40.4 Å². The molecule has 0 aromatic carbocycles.